The number of alkyl halides is 6. The van der Waals surface area contributed by atoms with Gasteiger partial charge in [0.2, 0.25) is 0 Å². The number of hydrogen-bond donors (Lipinski definition) is 0. The second kappa shape index (κ2) is 8.66. The van der Waals surface area contributed by atoms with Crippen molar-refractivity contribution in [1.82, 2.24) is 0 Å². The van der Waals surface area contributed by atoms with E-state index in [1.807, 2.05) is 45.0 Å². The lowest BCUT2D eigenvalue weighted by Gasteiger charge is -2.16. The van der Waals surface area contributed by atoms with Gasteiger partial charge in [-0.05, 0) is 17.7 Å². The highest BCUT2D eigenvalue weighted by atomic mass is 35.5. The maximum Gasteiger partial charge on any atom is 0.458 e. The molecule has 1 aromatic rings. The molecule has 10 heteroatoms. The van der Waals surface area contributed by atoms with Gasteiger partial charge >= 0.3 is 23.9 Å². The van der Waals surface area contributed by atoms with Crippen molar-refractivity contribution in [3.63, 3.8) is 0 Å². The molecule has 146 valence electrons. The highest BCUT2D eigenvalue weighted by molar-refractivity contribution is 6.41. The predicted molar refractivity (Wildman–Crippen MR) is 81.7 cm³/mol. The van der Waals surface area contributed by atoms with Crippen molar-refractivity contribution >= 4 is 29.0 Å². The Labute approximate surface area is 150 Å². The lowest BCUT2D eigenvalue weighted by Crippen LogP contribution is -2.39. The quantitative estimate of drug-likeness (QED) is 0.540. The van der Waals surface area contributed by atoms with Gasteiger partial charge in [0.05, 0.1) is 0 Å². The van der Waals surface area contributed by atoms with Crippen LogP contribution in [0.3, 0.4) is 0 Å². The molecule has 0 aliphatic carbocycles. The molecule has 0 saturated carbocycles. The molecular weight excluding hydrogens is 390 g/mol. The van der Waals surface area contributed by atoms with Crippen LogP contribution in [0.25, 0.3) is 0 Å². The largest absolute Gasteiger partial charge is 0.458 e. The maximum absolute atomic E-state index is 11.7. The number of rotatable bonds is 3. The van der Waals surface area contributed by atoms with E-state index in [0.717, 1.165) is 5.56 Å². The summed E-state index contributed by atoms with van der Waals surface area (Å²) >= 11 is 5.75. The fourth-order valence-electron chi connectivity index (χ4n) is 1.31. The van der Waals surface area contributed by atoms with E-state index < -0.39 is 23.9 Å². The minimum absolute atomic E-state index is 0.250. The Hall–Kier alpha value is -1.90. The number of halogens is 7. The molecule has 1 rings (SSSR count). The van der Waals surface area contributed by atoms with Gasteiger partial charge in [0.1, 0.15) is 5.78 Å². The fraction of sp³-hybridized carbons (Fsp3) is 0.438. The van der Waals surface area contributed by atoms with Crippen molar-refractivity contribution in [1.29, 1.82) is 0 Å². The topological polar surface area (TPSA) is 51.2 Å². The molecular formula is C16H15ClF6O3. The average Bonchev–Trinajstić information content (AvgIpc) is 2.45. The smallest absolute Gasteiger partial charge is 0.299 e. The van der Waals surface area contributed by atoms with E-state index in [9.17, 15) is 40.7 Å². The molecule has 0 radical (unpaired) electrons. The van der Waals surface area contributed by atoms with Crippen molar-refractivity contribution in [2.24, 2.45) is 5.41 Å². The van der Waals surface area contributed by atoms with Crippen LogP contribution in [0.15, 0.2) is 24.3 Å². The molecule has 0 fully saturated rings. The zero-order chi connectivity index (χ0) is 20.9. The van der Waals surface area contributed by atoms with Crippen LogP contribution in [-0.4, -0.2) is 29.7 Å². The first-order chi connectivity index (χ1) is 11.5. The summed E-state index contributed by atoms with van der Waals surface area (Å²) < 4.78 is 67.0. The van der Waals surface area contributed by atoms with Gasteiger partial charge in [-0.25, -0.2) is 0 Å². The zero-order valence-corrected chi connectivity index (χ0v) is 14.6. The second-order valence-electron chi connectivity index (χ2n) is 6.13. The van der Waals surface area contributed by atoms with Crippen molar-refractivity contribution < 1.29 is 40.7 Å². The molecule has 0 aliphatic rings. The summed E-state index contributed by atoms with van der Waals surface area (Å²) in [6, 6.07) is 7.41. The Morgan fingerprint density at radius 1 is 0.808 bits per heavy atom. The lowest BCUT2D eigenvalue weighted by molar-refractivity contribution is -0.193. The third-order valence-electron chi connectivity index (χ3n) is 2.84. The van der Waals surface area contributed by atoms with E-state index in [1.165, 1.54) is 0 Å². The number of carbonyl (C=O) groups excluding carboxylic acids is 3. The molecule has 0 bridgehead atoms. The van der Waals surface area contributed by atoms with E-state index in [2.05, 4.69) is 0 Å². The number of carbonyl (C=O) groups is 3. The fourth-order valence-corrected chi connectivity index (χ4v) is 1.44. The average molecular weight is 405 g/mol. The van der Waals surface area contributed by atoms with Gasteiger partial charge in [-0.3, -0.25) is 14.4 Å². The summed E-state index contributed by atoms with van der Waals surface area (Å²) in [4.78, 5) is 30.9. The maximum atomic E-state index is 11.7. The molecule has 0 spiro atoms. The molecule has 0 unspecified atom stereocenters. The van der Waals surface area contributed by atoms with Crippen molar-refractivity contribution in [2.75, 3.05) is 0 Å². The second-order valence-corrected chi connectivity index (χ2v) is 6.57. The van der Waals surface area contributed by atoms with E-state index in [-0.39, 0.29) is 11.2 Å². The van der Waals surface area contributed by atoms with Gasteiger partial charge in [0.25, 0.3) is 0 Å². The summed E-state index contributed by atoms with van der Waals surface area (Å²) in [5, 5.41) is 0.706. The van der Waals surface area contributed by atoms with Crippen LogP contribution < -0.4 is 0 Å². The molecule has 3 nitrogen and oxygen atoms in total. The number of hydrogen-bond acceptors (Lipinski definition) is 3. The Bertz CT molecular complexity index is 631. The van der Waals surface area contributed by atoms with Gasteiger partial charge in [-0.2, -0.15) is 26.3 Å². The van der Waals surface area contributed by atoms with Gasteiger partial charge < -0.3 is 0 Å². The van der Waals surface area contributed by atoms with Crippen molar-refractivity contribution in [2.45, 2.75) is 39.5 Å². The third-order valence-corrected chi connectivity index (χ3v) is 3.09. The first-order valence-corrected chi connectivity index (χ1v) is 7.34. The minimum Gasteiger partial charge on any atom is -0.299 e. The standard InChI is InChI=1S/C12H15ClO.C4F6O2/c1-12(2,3)11(14)8-9-4-6-10(13)7-5-9;5-3(6,7)1(11)2(12)4(8,9)10/h4-7H,8H2,1-3H3;. The van der Waals surface area contributed by atoms with Gasteiger partial charge in [-0.15, -0.1) is 0 Å². The number of benzene rings is 1. The third kappa shape index (κ3) is 8.46. The number of ketones is 3. The van der Waals surface area contributed by atoms with Crippen LogP contribution in [0.1, 0.15) is 26.3 Å². The highest BCUT2D eigenvalue weighted by Crippen LogP contribution is 2.24. The summed E-state index contributed by atoms with van der Waals surface area (Å²) in [6.07, 6.45) is -11.1. The molecule has 0 atom stereocenters. The van der Waals surface area contributed by atoms with Crippen LogP contribution in [0, 0.1) is 5.41 Å². The molecule has 26 heavy (non-hydrogen) atoms. The monoisotopic (exact) mass is 404 g/mol. The van der Waals surface area contributed by atoms with Crippen molar-refractivity contribution in [3.8, 4) is 0 Å². The summed E-state index contributed by atoms with van der Waals surface area (Å²) in [5.74, 6) is -6.56. The molecule has 0 saturated heterocycles. The van der Waals surface area contributed by atoms with E-state index in [1.54, 1.807) is 0 Å². The first kappa shape index (κ1) is 24.1. The SMILES string of the molecule is CC(C)(C)C(=O)Cc1ccc(Cl)cc1.O=C(C(=O)C(F)(F)F)C(F)(F)F. The lowest BCUT2D eigenvalue weighted by atomic mass is 9.87. The molecule has 0 amide bonds. The Kier molecular flexibility index (Phi) is 8.02. The van der Waals surface area contributed by atoms with Gasteiger partial charge in [-0.1, -0.05) is 44.5 Å². The Balaban J connectivity index is 0.000000488. The van der Waals surface area contributed by atoms with E-state index >= 15 is 0 Å². The van der Waals surface area contributed by atoms with E-state index in [0.29, 0.717) is 11.4 Å². The molecule has 0 aromatic heterocycles. The first-order valence-electron chi connectivity index (χ1n) is 6.96. The molecule has 0 N–H and O–H groups in total. The number of Topliss-reactive ketones (excluding diaryl/α,β-unsaturated/α-hetero) is 3. The zero-order valence-electron chi connectivity index (χ0n) is 13.9. The predicted octanol–water partition coefficient (Wildman–Crippen LogP) is 4.75. The van der Waals surface area contributed by atoms with Crippen LogP contribution in [0.2, 0.25) is 5.02 Å². The van der Waals surface area contributed by atoms with Crippen LogP contribution >= 0.6 is 11.6 Å². The summed E-state index contributed by atoms with van der Waals surface area (Å²) in [5.41, 5.74) is 0.758. The summed E-state index contributed by atoms with van der Waals surface area (Å²) in [7, 11) is 0. The molecule has 1 aromatic carbocycles. The molecule has 0 aliphatic heterocycles. The van der Waals surface area contributed by atoms with Gasteiger partial charge in [0.15, 0.2) is 0 Å². The van der Waals surface area contributed by atoms with Crippen molar-refractivity contribution in [3.05, 3.63) is 34.9 Å². The van der Waals surface area contributed by atoms with Crippen LogP contribution in [0.5, 0.6) is 0 Å². The summed E-state index contributed by atoms with van der Waals surface area (Å²) in [6.45, 7) is 5.81. The highest BCUT2D eigenvalue weighted by Gasteiger charge is 2.54. The van der Waals surface area contributed by atoms with Crippen LogP contribution in [-0.2, 0) is 20.8 Å². The normalized spacial score (nSPS) is 12.1. The van der Waals surface area contributed by atoms with Crippen LogP contribution in [0.4, 0.5) is 26.3 Å². The molecule has 0 heterocycles. The Morgan fingerprint density at radius 2 is 1.15 bits per heavy atom. The minimum atomic E-state index is -5.77. The Morgan fingerprint density at radius 3 is 1.42 bits per heavy atom. The van der Waals surface area contributed by atoms with E-state index in [4.69, 9.17) is 11.6 Å². The van der Waals surface area contributed by atoms with Gasteiger partial charge in [0, 0.05) is 16.9 Å².